The van der Waals surface area contributed by atoms with E-state index in [1.54, 1.807) is 11.3 Å². The first-order valence-electron chi connectivity index (χ1n) is 5.18. The van der Waals surface area contributed by atoms with Crippen LogP contribution in [0.15, 0.2) is 23.6 Å². The zero-order chi connectivity index (χ0) is 10.7. The van der Waals surface area contributed by atoms with Gasteiger partial charge in [0.2, 0.25) is 0 Å². The van der Waals surface area contributed by atoms with Crippen LogP contribution < -0.4 is 5.32 Å². The first-order valence-corrected chi connectivity index (χ1v) is 6.44. The lowest BCUT2D eigenvalue weighted by Crippen LogP contribution is -2.15. The molecule has 0 saturated heterocycles. The summed E-state index contributed by atoms with van der Waals surface area (Å²) < 4.78 is 1.21. The molecule has 2 rings (SSSR count). The second-order valence-corrected chi connectivity index (χ2v) is 4.77. The van der Waals surface area contributed by atoms with Crippen LogP contribution in [0.1, 0.15) is 12.5 Å². The quantitative estimate of drug-likeness (QED) is 0.803. The molecule has 0 bridgehead atoms. The van der Waals surface area contributed by atoms with Gasteiger partial charge in [0.05, 0.1) is 9.72 Å². The molecule has 1 nitrogen and oxygen atoms in total. The lowest BCUT2D eigenvalue weighted by molar-refractivity contribution is 0.719. The summed E-state index contributed by atoms with van der Waals surface area (Å²) in [6.07, 6.45) is 1.08. The summed E-state index contributed by atoms with van der Waals surface area (Å²) in [7, 11) is 0. The van der Waals surface area contributed by atoms with Crippen molar-refractivity contribution in [2.75, 3.05) is 13.1 Å². The topological polar surface area (TPSA) is 12.0 Å². The average Bonchev–Trinajstić information content (AvgIpc) is 2.64. The summed E-state index contributed by atoms with van der Waals surface area (Å²) in [6.45, 7) is 4.19. The molecular formula is C12H14ClNS. The minimum Gasteiger partial charge on any atom is -0.317 e. The molecule has 1 aromatic carbocycles. The SMILES string of the molecule is CCNCCc1csc2c(Cl)cccc12. The van der Waals surface area contributed by atoms with Gasteiger partial charge in [-0.1, -0.05) is 30.7 Å². The Bertz CT molecular complexity index is 450. The number of nitrogens with one attached hydrogen (secondary N) is 1. The predicted molar refractivity (Wildman–Crippen MR) is 69.1 cm³/mol. The molecule has 0 aliphatic heterocycles. The lowest BCUT2D eigenvalue weighted by Gasteiger charge is -2.00. The van der Waals surface area contributed by atoms with E-state index >= 15 is 0 Å². The van der Waals surface area contributed by atoms with E-state index in [1.165, 1.54) is 15.6 Å². The smallest absolute Gasteiger partial charge is 0.0584 e. The highest BCUT2D eigenvalue weighted by atomic mass is 35.5. The third-order valence-corrected chi connectivity index (χ3v) is 3.96. The number of halogens is 1. The molecule has 1 heterocycles. The summed E-state index contributed by atoms with van der Waals surface area (Å²) in [5, 5.41) is 7.73. The van der Waals surface area contributed by atoms with Gasteiger partial charge in [0.1, 0.15) is 0 Å². The fourth-order valence-corrected chi connectivity index (χ4v) is 2.99. The van der Waals surface area contributed by atoms with Crippen LogP contribution in [-0.4, -0.2) is 13.1 Å². The summed E-state index contributed by atoms with van der Waals surface area (Å²) in [5.41, 5.74) is 1.40. The van der Waals surface area contributed by atoms with E-state index in [0.717, 1.165) is 24.5 Å². The second-order valence-electron chi connectivity index (χ2n) is 3.48. The van der Waals surface area contributed by atoms with Gasteiger partial charge in [0.25, 0.3) is 0 Å². The van der Waals surface area contributed by atoms with Crippen molar-refractivity contribution in [1.29, 1.82) is 0 Å². The highest BCUT2D eigenvalue weighted by Gasteiger charge is 2.05. The van der Waals surface area contributed by atoms with Gasteiger partial charge in [-0.05, 0) is 41.9 Å². The molecule has 0 radical (unpaired) electrons. The molecule has 80 valence electrons. The van der Waals surface area contributed by atoms with Gasteiger partial charge in [-0.3, -0.25) is 0 Å². The Balaban J connectivity index is 2.25. The largest absolute Gasteiger partial charge is 0.317 e. The highest BCUT2D eigenvalue weighted by molar-refractivity contribution is 7.18. The van der Waals surface area contributed by atoms with E-state index in [2.05, 4.69) is 23.7 Å². The standard InChI is InChI=1S/C12H14ClNS/c1-2-14-7-6-9-8-15-12-10(9)4-3-5-11(12)13/h3-5,8,14H,2,6-7H2,1H3. The third kappa shape index (κ3) is 2.33. The number of likely N-dealkylation sites (N-methyl/N-ethyl adjacent to an activating group) is 1. The van der Waals surface area contributed by atoms with Gasteiger partial charge in [-0.25, -0.2) is 0 Å². The molecule has 0 amide bonds. The monoisotopic (exact) mass is 239 g/mol. The number of fused-ring (bicyclic) bond motifs is 1. The number of hydrogen-bond acceptors (Lipinski definition) is 2. The van der Waals surface area contributed by atoms with Crippen molar-refractivity contribution in [3.63, 3.8) is 0 Å². The fraction of sp³-hybridized carbons (Fsp3) is 0.333. The van der Waals surface area contributed by atoms with E-state index in [9.17, 15) is 0 Å². The Morgan fingerprint density at radius 2 is 2.27 bits per heavy atom. The van der Waals surface area contributed by atoms with Crippen molar-refractivity contribution in [2.45, 2.75) is 13.3 Å². The van der Waals surface area contributed by atoms with Crippen molar-refractivity contribution < 1.29 is 0 Å². The molecular weight excluding hydrogens is 226 g/mol. The van der Waals surface area contributed by atoms with E-state index in [1.807, 2.05) is 12.1 Å². The normalized spacial score (nSPS) is 11.1. The maximum Gasteiger partial charge on any atom is 0.0584 e. The Labute approximate surface area is 99.1 Å². The van der Waals surface area contributed by atoms with E-state index in [0.29, 0.717) is 0 Å². The molecule has 1 aromatic heterocycles. The van der Waals surface area contributed by atoms with Gasteiger partial charge in [0.15, 0.2) is 0 Å². The first-order chi connectivity index (χ1) is 7.33. The Morgan fingerprint density at radius 1 is 1.40 bits per heavy atom. The molecule has 0 atom stereocenters. The Morgan fingerprint density at radius 3 is 3.07 bits per heavy atom. The molecule has 3 heteroatoms. The third-order valence-electron chi connectivity index (χ3n) is 2.45. The molecule has 0 aliphatic rings. The van der Waals surface area contributed by atoms with Crippen LogP contribution in [0.4, 0.5) is 0 Å². The van der Waals surface area contributed by atoms with Crippen LogP contribution in [0.5, 0.6) is 0 Å². The van der Waals surface area contributed by atoms with Crippen molar-refractivity contribution in [1.82, 2.24) is 5.32 Å². The molecule has 0 fully saturated rings. The van der Waals surface area contributed by atoms with Gasteiger partial charge in [-0.2, -0.15) is 0 Å². The van der Waals surface area contributed by atoms with Gasteiger partial charge in [0, 0.05) is 0 Å². The Kier molecular flexibility index (Phi) is 3.62. The van der Waals surface area contributed by atoms with E-state index in [-0.39, 0.29) is 0 Å². The zero-order valence-electron chi connectivity index (χ0n) is 8.72. The summed E-state index contributed by atoms with van der Waals surface area (Å²) >= 11 is 7.87. The molecule has 0 aliphatic carbocycles. The minimum atomic E-state index is 0.868. The van der Waals surface area contributed by atoms with Crippen LogP contribution in [0, 0.1) is 0 Å². The fourth-order valence-electron chi connectivity index (χ4n) is 1.67. The van der Waals surface area contributed by atoms with E-state index in [4.69, 9.17) is 11.6 Å². The molecule has 1 N–H and O–H groups in total. The molecule has 15 heavy (non-hydrogen) atoms. The molecule has 0 unspecified atom stereocenters. The molecule has 0 spiro atoms. The van der Waals surface area contributed by atoms with Crippen molar-refractivity contribution in [3.8, 4) is 0 Å². The molecule has 0 saturated carbocycles. The van der Waals surface area contributed by atoms with Crippen molar-refractivity contribution in [2.24, 2.45) is 0 Å². The molecule has 2 aromatic rings. The summed E-state index contributed by atoms with van der Waals surface area (Å²) in [4.78, 5) is 0. The average molecular weight is 240 g/mol. The Hall–Kier alpha value is -0.570. The van der Waals surface area contributed by atoms with Crippen LogP contribution in [0.3, 0.4) is 0 Å². The summed E-state index contributed by atoms with van der Waals surface area (Å²) in [5.74, 6) is 0. The highest BCUT2D eigenvalue weighted by Crippen LogP contribution is 2.31. The van der Waals surface area contributed by atoms with Gasteiger partial charge >= 0.3 is 0 Å². The number of benzene rings is 1. The van der Waals surface area contributed by atoms with Crippen molar-refractivity contribution in [3.05, 3.63) is 34.2 Å². The predicted octanol–water partition coefficient (Wildman–Crippen LogP) is 3.71. The van der Waals surface area contributed by atoms with E-state index < -0.39 is 0 Å². The lowest BCUT2D eigenvalue weighted by atomic mass is 10.1. The number of hydrogen-bond donors (Lipinski definition) is 1. The number of rotatable bonds is 4. The van der Waals surface area contributed by atoms with Crippen LogP contribution in [0.25, 0.3) is 10.1 Å². The van der Waals surface area contributed by atoms with Crippen LogP contribution in [-0.2, 0) is 6.42 Å². The van der Waals surface area contributed by atoms with Gasteiger partial charge in [-0.15, -0.1) is 11.3 Å². The number of thiophene rings is 1. The van der Waals surface area contributed by atoms with Gasteiger partial charge < -0.3 is 5.32 Å². The van der Waals surface area contributed by atoms with Crippen molar-refractivity contribution >= 4 is 33.0 Å². The zero-order valence-corrected chi connectivity index (χ0v) is 10.3. The minimum absolute atomic E-state index is 0.868. The van der Waals surface area contributed by atoms with Crippen LogP contribution >= 0.6 is 22.9 Å². The first kappa shape index (κ1) is 10.9. The maximum absolute atomic E-state index is 6.13. The van der Waals surface area contributed by atoms with Crippen LogP contribution in [0.2, 0.25) is 5.02 Å². The second kappa shape index (κ2) is 4.97. The maximum atomic E-state index is 6.13. The summed E-state index contributed by atoms with van der Waals surface area (Å²) in [6, 6.07) is 6.13.